The van der Waals surface area contributed by atoms with Crippen LogP contribution in [-0.4, -0.2) is 32.9 Å². The van der Waals surface area contributed by atoms with Crippen LogP contribution in [0.1, 0.15) is 29.8 Å². The minimum Gasteiger partial charge on any atom is -0.462 e. The third-order valence-electron chi connectivity index (χ3n) is 3.60. The molecular weight excluding hydrogens is 387 g/mol. The van der Waals surface area contributed by atoms with Gasteiger partial charge in [0, 0.05) is 11.3 Å². The van der Waals surface area contributed by atoms with Gasteiger partial charge in [0.25, 0.3) is 15.9 Å². The molecule has 0 aromatic heterocycles. The molecule has 0 bridgehead atoms. The summed E-state index contributed by atoms with van der Waals surface area (Å²) in [6.07, 6.45) is -0.276. The summed E-state index contributed by atoms with van der Waals surface area (Å²) in [5.74, 6) is -1.54. The summed E-state index contributed by atoms with van der Waals surface area (Å²) >= 11 is 0. The predicted molar refractivity (Wildman–Crippen MR) is 102 cm³/mol. The molecule has 0 radical (unpaired) electrons. The van der Waals surface area contributed by atoms with Crippen LogP contribution in [0.25, 0.3) is 0 Å². The SMILES string of the molecule is Cc1cc(S(=O)(=O)Nc2ccc(C(=O)NCC(=O)OC(C)C)cc2)ccc1F. The Balaban J connectivity index is 2.02. The summed E-state index contributed by atoms with van der Waals surface area (Å²) in [6, 6.07) is 9.14. The molecular formula is C19H21FN2O5S. The Morgan fingerprint density at radius 2 is 1.75 bits per heavy atom. The summed E-state index contributed by atoms with van der Waals surface area (Å²) in [5.41, 5.74) is 0.696. The zero-order valence-electron chi connectivity index (χ0n) is 15.7. The van der Waals surface area contributed by atoms with E-state index in [1.54, 1.807) is 13.8 Å². The average molecular weight is 408 g/mol. The lowest BCUT2D eigenvalue weighted by atomic mass is 10.2. The van der Waals surface area contributed by atoms with Crippen molar-refractivity contribution in [2.24, 2.45) is 0 Å². The van der Waals surface area contributed by atoms with Gasteiger partial charge in [0.15, 0.2) is 0 Å². The van der Waals surface area contributed by atoms with Crippen LogP contribution in [-0.2, 0) is 19.6 Å². The summed E-state index contributed by atoms with van der Waals surface area (Å²) in [6.45, 7) is 4.60. The molecule has 0 saturated carbocycles. The second-order valence-electron chi connectivity index (χ2n) is 6.32. The number of hydrogen-bond donors (Lipinski definition) is 2. The first-order valence-electron chi connectivity index (χ1n) is 8.45. The fourth-order valence-corrected chi connectivity index (χ4v) is 3.39. The van der Waals surface area contributed by atoms with Gasteiger partial charge >= 0.3 is 5.97 Å². The number of nitrogens with one attached hydrogen (secondary N) is 2. The number of carbonyl (C=O) groups is 2. The van der Waals surface area contributed by atoms with Gasteiger partial charge in [0.2, 0.25) is 0 Å². The molecule has 0 aliphatic heterocycles. The van der Waals surface area contributed by atoms with Gasteiger partial charge in [-0.05, 0) is 68.8 Å². The number of hydrogen-bond acceptors (Lipinski definition) is 5. The third-order valence-corrected chi connectivity index (χ3v) is 4.98. The molecule has 0 heterocycles. The van der Waals surface area contributed by atoms with Crippen molar-refractivity contribution in [1.82, 2.24) is 5.32 Å². The van der Waals surface area contributed by atoms with Crippen LogP contribution in [0.5, 0.6) is 0 Å². The minimum atomic E-state index is -3.90. The standard InChI is InChI=1S/C19H21FN2O5S/c1-12(2)27-18(23)11-21-19(24)14-4-6-15(7-5-14)22-28(25,26)16-8-9-17(20)13(3)10-16/h4-10,12,22H,11H2,1-3H3,(H,21,24). The molecule has 2 aromatic rings. The van der Waals surface area contributed by atoms with Gasteiger partial charge in [-0.25, -0.2) is 12.8 Å². The van der Waals surface area contributed by atoms with Crippen LogP contribution in [0.3, 0.4) is 0 Å². The predicted octanol–water partition coefficient (Wildman–Crippen LogP) is 2.62. The molecule has 1 amide bonds. The van der Waals surface area contributed by atoms with Crippen LogP contribution >= 0.6 is 0 Å². The molecule has 0 aliphatic carbocycles. The van der Waals surface area contributed by atoms with Gasteiger partial charge in [-0.2, -0.15) is 0 Å². The van der Waals surface area contributed by atoms with Gasteiger partial charge in [-0.1, -0.05) is 0 Å². The van der Waals surface area contributed by atoms with Crippen LogP contribution in [0.4, 0.5) is 10.1 Å². The summed E-state index contributed by atoms with van der Waals surface area (Å²) in [4.78, 5) is 23.4. The molecule has 0 spiro atoms. The van der Waals surface area contributed by atoms with Crippen molar-refractivity contribution in [3.63, 3.8) is 0 Å². The quantitative estimate of drug-likeness (QED) is 0.686. The van der Waals surface area contributed by atoms with Gasteiger partial charge < -0.3 is 10.1 Å². The first-order valence-corrected chi connectivity index (χ1v) is 9.93. The number of ether oxygens (including phenoxy) is 1. The minimum absolute atomic E-state index is 0.0723. The number of rotatable bonds is 7. The third kappa shape index (κ3) is 5.78. The smallest absolute Gasteiger partial charge is 0.325 e. The Morgan fingerprint density at radius 3 is 2.32 bits per heavy atom. The maximum Gasteiger partial charge on any atom is 0.325 e. The zero-order chi connectivity index (χ0) is 20.9. The van der Waals surface area contributed by atoms with Crippen molar-refractivity contribution in [3.05, 3.63) is 59.4 Å². The Morgan fingerprint density at radius 1 is 1.11 bits per heavy atom. The van der Waals surface area contributed by atoms with E-state index in [1.807, 2.05) is 0 Å². The van der Waals surface area contributed by atoms with Crippen LogP contribution in [0, 0.1) is 12.7 Å². The van der Waals surface area contributed by atoms with Crippen molar-refractivity contribution >= 4 is 27.6 Å². The molecule has 2 rings (SSSR count). The normalized spacial score (nSPS) is 11.2. The van der Waals surface area contributed by atoms with Crippen molar-refractivity contribution in [1.29, 1.82) is 0 Å². The number of sulfonamides is 1. The topological polar surface area (TPSA) is 102 Å². The van der Waals surface area contributed by atoms with Crippen molar-refractivity contribution < 1.29 is 27.1 Å². The van der Waals surface area contributed by atoms with Gasteiger partial charge in [-0.3, -0.25) is 14.3 Å². The summed E-state index contributed by atoms with van der Waals surface area (Å²) in [7, 11) is -3.90. The van der Waals surface area contributed by atoms with Crippen molar-refractivity contribution in [3.8, 4) is 0 Å². The molecule has 2 aromatic carbocycles. The highest BCUT2D eigenvalue weighted by molar-refractivity contribution is 7.92. The van der Waals surface area contributed by atoms with Crippen LogP contribution < -0.4 is 10.0 Å². The van der Waals surface area contributed by atoms with Crippen molar-refractivity contribution in [2.45, 2.75) is 31.8 Å². The Hall–Kier alpha value is -2.94. The second kappa shape index (κ2) is 8.83. The van der Waals surface area contributed by atoms with Gasteiger partial charge in [0.1, 0.15) is 12.4 Å². The lowest BCUT2D eigenvalue weighted by Gasteiger charge is -2.10. The monoisotopic (exact) mass is 408 g/mol. The fraction of sp³-hybridized carbons (Fsp3) is 0.263. The van der Waals surface area contributed by atoms with E-state index in [9.17, 15) is 22.4 Å². The van der Waals surface area contributed by atoms with Crippen LogP contribution in [0.2, 0.25) is 0 Å². The average Bonchev–Trinajstić information content (AvgIpc) is 2.61. The molecule has 0 saturated heterocycles. The number of esters is 1. The van der Waals surface area contributed by atoms with Crippen molar-refractivity contribution in [2.75, 3.05) is 11.3 Å². The van der Waals surface area contributed by atoms with E-state index in [0.29, 0.717) is 0 Å². The number of aryl methyl sites for hydroxylation is 1. The molecule has 0 unspecified atom stereocenters. The molecule has 0 aliphatic rings. The highest BCUT2D eigenvalue weighted by atomic mass is 32.2. The molecule has 0 fully saturated rings. The van der Waals surface area contributed by atoms with E-state index in [1.165, 1.54) is 43.3 Å². The zero-order valence-corrected chi connectivity index (χ0v) is 16.5. The van der Waals surface area contributed by atoms with E-state index >= 15 is 0 Å². The lowest BCUT2D eigenvalue weighted by molar-refractivity contribution is -0.146. The van der Waals surface area contributed by atoms with E-state index in [4.69, 9.17) is 4.74 Å². The largest absolute Gasteiger partial charge is 0.462 e. The van der Waals surface area contributed by atoms with E-state index in [2.05, 4.69) is 10.0 Å². The Labute approximate surface area is 163 Å². The highest BCUT2D eigenvalue weighted by Gasteiger charge is 2.16. The molecule has 2 N–H and O–H groups in total. The number of amides is 1. The summed E-state index contributed by atoms with van der Waals surface area (Å²) in [5, 5.41) is 2.42. The molecule has 0 atom stereocenters. The first-order chi connectivity index (χ1) is 13.1. The number of halogens is 1. The Bertz CT molecular complexity index is 972. The molecule has 28 heavy (non-hydrogen) atoms. The maximum atomic E-state index is 13.3. The number of benzene rings is 2. The van der Waals surface area contributed by atoms with Crippen LogP contribution in [0.15, 0.2) is 47.4 Å². The molecule has 150 valence electrons. The van der Waals surface area contributed by atoms with E-state index in [-0.39, 0.29) is 34.4 Å². The maximum absolute atomic E-state index is 13.3. The highest BCUT2D eigenvalue weighted by Crippen LogP contribution is 2.19. The van der Waals surface area contributed by atoms with E-state index in [0.717, 1.165) is 6.07 Å². The fourth-order valence-electron chi connectivity index (χ4n) is 2.25. The molecule has 7 nitrogen and oxygen atoms in total. The van der Waals surface area contributed by atoms with Gasteiger partial charge in [-0.15, -0.1) is 0 Å². The lowest BCUT2D eigenvalue weighted by Crippen LogP contribution is -2.31. The second-order valence-corrected chi connectivity index (χ2v) is 8.00. The molecule has 9 heteroatoms. The summed E-state index contributed by atoms with van der Waals surface area (Å²) < 4.78 is 45.4. The first kappa shape index (κ1) is 21.4. The Kier molecular flexibility index (Phi) is 6.74. The van der Waals surface area contributed by atoms with Gasteiger partial charge in [0.05, 0.1) is 11.0 Å². The number of carbonyl (C=O) groups excluding carboxylic acids is 2. The van der Waals surface area contributed by atoms with E-state index < -0.39 is 27.7 Å². The number of anilines is 1.